The van der Waals surface area contributed by atoms with E-state index in [1.165, 1.54) is 5.56 Å². The predicted octanol–water partition coefficient (Wildman–Crippen LogP) is 2.89. The number of amides is 1. The van der Waals surface area contributed by atoms with E-state index < -0.39 is 0 Å². The third-order valence-corrected chi connectivity index (χ3v) is 4.68. The van der Waals surface area contributed by atoms with Crippen LogP contribution in [0.3, 0.4) is 0 Å². The molecule has 29 heavy (non-hydrogen) atoms. The van der Waals surface area contributed by atoms with Crippen molar-refractivity contribution in [2.24, 2.45) is 4.99 Å². The first-order valence-electron chi connectivity index (χ1n) is 10.1. The van der Waals surface area contributed by atoms with Gasteiger partial charge in [-0.1, -0.05) is 17.7 Å². The fourth-order valence-corrected chi connectivity index (χ4v) is 3.11. The summed E-state index contributed by atoms with van der Waals surface area (Å²) >= 11 is 0. The number of hydrogen-bond donors (Lipinski definition) is 1. The van der Waals surface area contributed by atoms with E-state index in [0.717, 1.165) is 23.8 Å². The highest BCUT2D eigenvalue weighted by Crippen LogP contribution is 2.19. The topological polar surface area (TPSA) is 83.2 Å². The lowest BCUT2D eigenvalue weighted by Gasteiger charge is -2.35. The Bertz CT molecular complexity index is 823. The number of nitrogens with one attached hydrogen (secondary N) is 1. The number of aliphatic imine (C=N–C) groups is 1. The van der Waals surface area contributed by atoms with E-state index in [9.17, 15) is 4.79 Å². The number of hydrogen-bond acceptors (Lipinski definition) is 5. The second-order valence-electron chi connectivity index (χ2n) is 6.85. The number of aryl methyl sites for hydroxylation is 1. The number of aromatic nitrogens is 1. The van der Waals surface area contributed by atoms with Gasteiger partial charge in [-0.3, -0.25) is 0 Å². The lowest BCUT2D eigenvalue weighted by atomic mass is 10.1. The number of ether oxygens (including phenoxy) is 1. The van der Waals surface area contributed by atoms with Gasteiger partial charge >= 0.3 is 6.09 Å². The molecule has 2 heterocycles. The van der Waals surface area contributed by atoms with Crippen molar-refractivity contribution >= 4 is 12.1 Å². The van der Waals surface area contributed by atoms with Crippen molar-refractivity contribution in [2.45, 2.75) is 27.3 Å². The average molecular weight is 399 g/mol. The van der Waals surface area contributed by atoms with Crippen LogP contribution in [-0.4, -0.2) is 66.2 Å². The van der Waals surface area contributed by atoms with E-state index in [-0.39, 0.29) is 6.09 Å². The summed E-state index contributed by atoms with van der Waals surface area (Å²) in [6.07, 6.45) is 1.40. The fraction of sp³-hybridized carbons (Fsp3) is 0.476. The third kappa shape index (κ3) is 5.49. The monoisotopic (exact) mass is 399 g/mol. The highest BCUT2D eigenvalue weighted by molar-refractivity contribution is 5.80. The summed E-state index contributed by atoms with van der Waals surface area (Å²) < 4.78 is 10.7. The number of oxazole rings is 1. The fourth-order valence-electron chi connectivity index (χ4n) is 3.11. The number of nitrogens with zero attached hydrogens (tertiary/aromatic N) is 4. The molecule has 1 aliphatic rings. The zero-order chi connectivity index (χ0) is 20.6. The Morgan fingerprint density at radius 2 is 1.86 bits per heavy atom. The van der Waals surface area contributed by atoms with Crippen LogP contribution in [-0.2, 0) is 11.3 Å². The van der Waals surface area contributed by atoms with E-state index in [2.05, 4.69) is 15.2 Å². The lowest BCUT2D eigenvalue weighted by molar-refractivity contribution is 0.0914. The van der Waals surface area contributed by atoms with Crippen LogP contribution < -0.4 is 5.32 Å². The SMILES string of the molecule is CCNC(=NCc1coc(-c2ccc(C)cc2)n1)N1CCN(C(=O)OCC)CC1. The van der Waals surface area contributed by atoms with Crippen molar-refractivity contribution < 1.29 is 13.9 Å². The van der Waals surface area contributed by atoms with Gasteiger partial charge in [0, 0.05) is 38.3 Å². The quantitative estimate of drug-likeness (QED) is 0.615. The van der Waals surface area contributed by atoms with Gasteiger partial charge < -0.3 is 24.3 Å². The maximum Gasteiger partial charge on any atom is 0.409 e. The predicted molar refractivity (Wildman–Crippen MR) is 112 cm³/mol. The second-order valence-corrected chi connectivity index (χ2v) is 6.85. The zero-order valence-electron chi connectivity index (χ0n) is 17.4. The molecule has 156 valence electrons. The first kappa shape index (κ1) is 20.7. The van der Waals surface area contributed by atoms with Gasteiger partial charge in [-0.25, -0.2) is 14.8 Å². The highest BCUT2D eigenvalue weighted by atomic mass is 16.6. The van der Waals surface area contributed by atoms with Crippen LogP contribution in [0, 0.1) is 6.92 Å². The molecule has 0 radical (unpaired) electrons. The van der Waals surface area contributed by atoms with E-state index in [1.54, 1.807) is 11.2 Å². The third-order valence-electron chi connectivity index (χ3n) is 4.68. The second kappa shape index (κ2) is 9.95. The number of rotatable bonds is 5. The summed E-state index contributed by atoms with van der Waals surface area (Å²) in [6, 6.07) is 8.08. The Labute approximate surface area is 171 Å². The van der Waals surface area contributed by atoms with E-state index >= 15 is 0 Å². The molecule has 1 aromatic heterocycles. The molecule has 1 aliphatic heterocycles. The summed E-state index contributed by atoms with van der Waals surface area (Å²) in [4.78, 5) is 25.0. The minimum absolute atomic E-state index is 0.250. The van der Waals surface area contributed by atoms with Crippen LogP contribution in [0.5, 0.6) is 0 Å². The molecule has 1 amide bonds. The number of carbonyl (C=O) groups excluding carboxylic acids is 1. The Hall–Kier alpha value is -3.03. The van der Waals surface area contributed by atoms with Crippen LogP contribution in [0.4, 0.5) is 4.79 Å². The van der Waals surface area contributed by atoms with Gasteiger partial charge in [0.2, 0.25) is 5.89 Å². The molecular formula is C21H29N5O3. The number of benzene rings is 1. The van der Waals surface area contributed by atoms with Gasteiger partial charge in [0.1, 0.15) is 12.0 Å². The molecule has 0 atom stereocenters. The highest BCUT2D eigenvalue weighted by Gasteiger charge is 2.23. The zero-order valence-corrected chi connectivity index (χ0v) is 17.4. The summed E-state index contributed by atoms with van der Waals surface area (Å²) in [5.74, 6) is 1.42. The van der Waals surface area contributed by atoms with Crippen LogP contribution in [0.2, 0.25) is 0 Å². The van der Waals surface area contributed by atoms with E-state index in [0.29, 0.717) is 45.2 Å². The Balaban J connectivity index is 1.61. The molecule has 1 N–H and O–H groups in total. The van der Waals surface area contributed by atoms with Gasteiger partial charge in [-0.15, -0.1) is 0 Å². The van der Waals surface area contributed by atoms with Gasteiger partial charge in [-0.05, 0) is 32.9 Å². The molecule has 0 spiro atoms. The van der Waals surface area contributed by atoms with Crippen molar-refractivity contribution in [2.75, 3.05) is 39.3 Å². The van der Waals surface area contributed by atoms with Gasteiger partial charge in [0.15, 0.2) is 5.96 Å². The van der Waals surface area contributed by atoms with Crippen LogP contribution >= 0.6 is 0 Å². The summed E-state index contributed by atoms with van der Waals surface area (Å²) in [5, 5.41) is 3.32. The van der Waals surface area contributed by atoms with Crippen molar-refractivity contribution in [1.82, 2.24) is 20.1 Å². The minimum Gasteiger partial charge on any atom is -0.450 e. The molecule has 1 saturated heterocycles. The molecule has 1 aromatic carbocycles. The maximum atomic E-state index is 11.9. The van der Waals surface area contributed by atoms with Gasteiger partial charge in [-0.2, -0.15) is 0 Å². The summed E-state index contributed by atoms with van der Waals surface area (Å²) in [5.41, 5.74) is 2.93. The molecule has 0 aliphatic carbocycles. The van der Waals surface area contributed by atoms with E-state index in [4.69, 9.17) is 14.1 Å². The smallest absolute Gasteiger partial charge is 0.409 e. The van der Waals surface area contributed by atoms with Crippen molar-refractivity contribution in [3.05, 3.63) is 41.8 Å². The van der Waals surface area contributed by atoms with E-state index in [1.807, 2.05) is 45.0 Å². The maximum absolute atomic E-state index is 11.9. The molecule has 8 nitrogen and oxygen atoms in total. The first-order chi connectivity index (χ1) is 14.1. The Morgan fingerprint density at radius 1 is 1.17 bits per heavy atom. The van der Waals surface area contributed by atoms with Crippen LogP contribution in [0.15, 0.2) is 39.9 Å². The molecule has 3 rings (SSSR count). The molecule has 0 bridgehead atoms. The number of carbonyl (C=O) groups is 1. The lowest BCUT2D eigenvalue weighted by Crippen LogP contribution is -2.53. The number of guanidine groups is 1. The standard InChI is InChI=1S/C21H29N5O3/c1-4-22-20(25-10-12-26(13-11-25)21(27)28-5-2)23-14-18-15-29-19(24-18)17-8-6-16(3)7-9-17/h6-9,15H,4-5,10-14H2,1-3H3,(H,22,23). The Morgan fingerprint density at radius 3 is 2.52 bits per heavy atom. The van der Waals surface area contributed by atoms with Gasteiger partial charge in [0.25, 0.3) is 0 Å². The molecular weight excluding hydrogens is 370 g/mol. The molecule has 2 aromatic rings. The number of piperazine rings is 1. The molecule has 0 saturated carbocycles. The van der Waals surface area contributed by atoms with Crippen molar-refractivity contribution in [3.8, 4) is 11.5 Å². The Kier molecular flexibility index (Phi) is 7.10. The summed E-state index contributed by atoms with van der Waals surface area (Å²) in [6.45, 7) is 10.1. The minimum atomic E-state index is -0.250. The molecule has 0 unspecified atom stereocenters. The molecule has 8 heteroatoms. The average Bonchev–Trinajstić information content (AvgIpc) is 3.21. The first-order valence-corrected chi connectivity index (χ1v) is 10.1. The van der Waals surface area contributed by atoms with Crippen molar-refractivity contribution in [1.29, 1.82) is 0 Å². The van der Waals surface area contributed by atoms with Crippen LogP contribution in [0.25, 0.3) is 11.5 Å². The largest absolute Gasteiger partial charge is 0.450 e. The van der Waals surface area contributed by atoms with Crippen LogP contribution in [0.1, 0.15) is 25.1 Å². The normalized spacial score (nSPS) is 14.8. The molecule has 1 fully saturated rings. The van der Waals surface area contributed by atoms with Gasteiger partial charge in [0.05, 0.1) is 13.2 Å². The summed E-state index contributed by atoms with van der Waals surface area (Å²) in [7, 11) is 0. The van der Waals surface area contributed by atoms with Crippen molar-refractivity contribution in [3.63, 3.8) is 0 Å².